The highest BCUT2D eigenvalue weighted by Crippen LogP contribution is 2.50. The number of allylic oxidation sites excluding steroid dienone is 1. The average Bonchev–Trinajstić information content (AvgIpc) is 2.98. The largest absolute Gasteiger partial charge is 0.494 e. The molecule has 2 aromatic rings. The van der Waals surface area contributed by atoms with Gasteiger partial charge in [-0.15, -0.1) is 0 Å². The van der Waals surface area contributed by atoms with Crippen molar-refractivity contribution < 1.29 is 18.7 Å². The number of fused-ring (bicyclic) bond motifs is 1. The third kappa shape index (κ3) is 3.21. The second-order valence-electron chi connectivity index (χ2n) is 6.92. The fourth-order valence-electron chi connectivity index (χ4n) is 3.92. The predicted molar refractivity (Wildman–Crippen MR) is 111 cm³/mol. The summed E-state index contributed by atoms with van der Waals surface area (Å²) in [6, 6.07) is 14.4. The summed E-state index contributed by atoms with van der Waals surface area (Å²) in [5.41, 5.74) is 7.40. The summed E-state index contributed by atoms with van der Waals surface area (Å²) in [6.45, 7) is 2.39. The summed E-state index contributed by atoms with van der Waals surface area (Å²) in [6.07, 6.45) is 0. The molecule has 0 radical (unpaired) electrons. The van der Waals surface area contributed by atoms with Crippen molar-refractivity contribution in [3.05, 3.63) is 70.5 Å². The van der Waals surface area contributed by atoms with Crippen LogP contribution < -0.4 is 15.4 Å². The molecular weight excluding hydrogens is 405 g/mol. The van der Waals surface area contributed by atoms with Crippen molar-refractivity contribution in [2.45, 2.75) is 18.1 Å². The number of anilines is 1. The monoisotopic (exact) mass is 423 g/mol. The van der Waals surface area contributed by atoms with Crippen molar-refractivity contribution in [3.8, 4) is 11.8 Å². The molecule has 2 amide bonds. The van der Waals surface area contributed by atoms with Gasteiger partial charge in [-0.2, -0.15) is 5.26 Å². The van der Waals surface area contributed by atoms with Crippen LogP contribution in [-0.4, -0.2) is 23.7 Å². The summed E-state index contributed by atoms with van der Waals surface area (Å²) >= 11 is 1.04. The second-order valence-corrected chi connectivity index (χ2v) is 8.11. The van der Waals surface area contributed by atoms with Crippen LogP contribution in [0.1, 0.15) is 18.4 Å². The summed E-state index contributed by atoms with van der Waals surface area (Å²) in [7, 11) is 0. The number of carbonyl (C=O) groups excluding carboxylic acids is 2. The second kappa shape index (κ2) is 7.84. The molecule has 152 valence electrons. The van der Waals surface area contributed by atoms with Crippen LogP contribution in [0.5, 0.6) is 5.75 Å². The number of halogens is 1. The van der Waals surface area contributed by atoms with Gasteiger partial charge in [-0.25, -0.2) is 9.29 Å². The van der Waals surface area contributed by atoms with E-state index in [1.807, 2.05) is 6.92 Å². The van der Waals surface area contributed by atoms with Gasteiger partial charge >= 0.3 is 0 Å². The Morgan fingerprint density at radius 1 is 1.13 bits per heavy atom. The SMILES string of the molecule is CCOc1ccc([C@@H]2C(C#N)=C(N)S[C@@H]3C(=O)N(c4ccc(F)cc4)C(=O)[C@@H]32)cc1. The quantitative estimate of drug-likeness (QED) is 0.758. The molecule has 0 aromatic heterocycles. The maximum absolute atomic E-state index is 13.4. The maximum atomic E-state index is 13.4. The smallest absolute Gasteiger partial charge is 0.248 e. The molecule has 30 heavy (non-hydrogen) atoms. The topological polar surface area (TPSA) is 96.4 Å². The van der Waals surface area contributed by atoms with Crippen LogP contribution in [0, 0.1) is 23.1 Å². The zero-order valence-corrected chi connectivity index (χ0v) is 16.9. The number of rotatable bonds is 4. The maximum Gasteiger partial charge on any atom is 0.248 e. The number of nitrogens with zero attached hydrogens (tertiary/aromatic N) is 2. The van der Waals surface area contributed by atoms with Gasteiger partial charge in [0.25, 0.3) is 0 Å². The number of carbonyl (C=O) groups is 2. The van der Waals surface area contributed by atoms with E-state index < -0.39 is 34.7 Å². The number of benzene rings is 2. The summed E-state index contributed by atoms with van der Waals surface area (Å²) in [4.78, 5) is 27.5. The van der Waals surface area contributed by atoms with E-state index in [-0.39, 0.29) is 10.6 Å². The van der Waals surface area contributed by atoms with Gasteiger partial charge in [-0.1, -0.05) is 23.9 Å². The van der Waals surface area contributed by atoms with E-state index in [0.717, 1.165) is 16.7 Å². The van der Waals surface area contributed by atoms with Gasteiger partial charge in [-0.3, -0.25) is 9.59 Å². The number of thioether (sulfide) groups is 1. The molecule has 2 aliphatic heterocycles. The minimum atomic E-state index is -0.785. The van der Waals surface area contributed by atoms with Crippen molar-refractivity contribution in [1.29, 1.82) is 5.26 Å². The number of hydrogen-bond acceptors (Lipinski definition) is 6. The third-order valence-corrected chi connectivity index (χ3v) is 6.46. The molecular formula is C22H18FN3O3S. The average molecular weight is 423 g/mol. The Morgan fingerprint density at radius 3 is 2.40 bits per heavy atom. The Bertz CT molecular complexity index is 1080. The van der Waals surface area contributed by atoms with Gasteiger partial charge in [0.15, 0.2) is 0 Å². The Kier molecular flexibility index (Phi) is 5.22. The minimum Gasteiger partial charge on any atom is -0.494 e. The van der Waals surface area contributed by atoms with Crippen molar-refractivity contribution in [1.82, 2.24) is 0 Å². The van der Waals surface area contributed by atoms with E-state index >= 15 is 0 Å². The molecule has 4 rings (SSSR count). The summed E-state index contributed by atoms with van der Waals surface area (Å²) in [5.74, 6) is -2.08. The van der Waals surface area contributed by atoms with Crippen LogP contribution in [-0.2, 0) is 9.59 Å². The number of nitrogens with two attached hydrogens (primary N) is 1. The van der Waals surface area contributed by atoms with Gasteiger partial charge < -0.3 is 10.5 Å². The number of ether oxygens (including phenoxy) is 1. The molecule has 1 fully saturated rings. The fourth-order valence-corrected chi connectivity index (χ4v) is 5.12. The normalized spacial score (nSPS) is 23.4. The van der Waals surface area contributed by atoms with Crippen LogP contribution in [0.15, 0.2) is 59.1 Å². The standard InChI is InChI=1S/C22H18FN3O3S/c1-2-29-15-9-3-12(4-10-15)17-16(11-24)20(25)30-19-18(17)21(27)26(22(19)28)14-7-5-13(23)6-8-14/h3-10,17-19H,2,25H2,1H3/t17-,18-,19+/m1/s1. The van der Waals surface area contributed by atoms with Crippen LogP contribution in [0.2, 0.25) is 0 Å². The molecule has 0 aliphatic carbocycles. The Balaban J connectivity index is 1.77. The number of hydrogen-bond donors (Lipinski definition) is 1. The lowest BCUT2D eigenvalue weighted by molar-refractivity contribution is -0.122. The zero-order valence-electron chi connectivity index (χ0n) is 16.0. The molecule has 2 heterocycles. The first kappa shape index (κ1) is 20.0. The number of nitriles is 1. The molecule has 2 aliphatic rings. The molecule has 6 nitrogen and oxygen atoms in total. The lowest BCUT2D eigenvalue weighted by atomic mass is 9.79. The molecule has 1 saturated heterocycles. The van der Waals surface area contributed by atoms with E-state index in [9.17, 15) is 19.2 Å². The van der Waals surface area contributed by atoms with Crippen LogP contribution in [0.4, 0.5) is 10.1 Å². The first-order chi connectivity index (χ1) is 14.5. The molecule has 0 spiro atoms. The molecule has 8 heteroatoms. The van der Waals surface area contributed by atoms with Crippen LogP contribution in [0.25, 0.3) is 0 Å². The summed E-state index contributed by atoms with van der Waals surface area (Å²) in [5, 5.41) is 9.22. The lowest BCUT2D eigenvalue weighted by Gasteiger charge is -2.30. The third-order valence-electron chi connectivity index (χ3n) is 5.24. The van der Waals surface area contributed by atoms with Crippen molar-refractivity contribution >= 4 is 29.3 Å². The highest BCUT2D eigenvalue weighted by atomic mass is 32.2. The van der Waals surface area contributed by atoms with Gasteiger partial charge in [-0.05, 0) is 48.9 Å². The van der Waals surface area contributed by atoms with Gasteiger partial charge in [0.05, 0.1) is 34.9 Å². The first-order valence-electron chi connectivity index (χ1n) is 9.38. The highest BCUT2D eigenvalue weighted by molar-refractivity contribution is 8.04. The molecule has 3 atom stereocenters. The van der Waals surface area contributed by atoms with Crippen LogP contribution in [0.3, 0.4) is 0 Å². The summed E-state index contributed by atoms with van der Waals surface area (Å²) < 4.78 is 18.8. The fraction of sp³-hybridized carbons (Fsp3) is 0.227. The lowest BCUT2D eigenvalue weighted by Crippen LogP contribution is -2.33. The Hall–Kier alpha value is -3.31. The van der Waals surface area contributed by atoms with Crippen molar-refractivity contribution in [2.24, 2.45) is 11.7 Å². The van der Waals surface area contributed by atoms with E-state index in [4.69, 9.17) is 10.5 Å². The minimum absolute atomic E-state index is 0.236. The van der Waals surface area contributed by atoms with E-state index in [1.165, 1.54) is 24.3 Å². The molecule has 0 unspecified atom stereocenters. The number of amides is 2. The van der Waals surface area contributed by atoms with Gasteiger partial charge in [0.1, 0.15) is 16.8 Å². The van der Waals surface area contributed by atoms with Crippen molar-refractivity contribution in [2.75, 3.05) is 11.5 Å². The zero-order chi connectivity index (χ0) is 21.4. The van der Waals surface area contributed by atoms with E-state index in [0.29, 0.717) is 23.6 Å². The molecule has 2 aromatic carbocycles. The van der Waals surface area contributed by atoms with E-state index in [1.54, 1.807) is 24.3 Å². The van der Waals surface area contributed by atoms with E-state index in [2.05, 4.69) is 6.07 Å². The Morgan fingerprint density at radius 2 is 1.80 bits per heavy atom. The number of imide groups is 1. The highest BCUT2D eigenvalue weighted by Gasteiger charge is 2.56. The van der Waals surface area contributed by atoms with Gasteiger partial charge in [0.2, 0.25) is 11.8 Å². The van der Waals surface area contributed by atoms with Crippen molar-refractivity contribution in [3.63, 3.8) is 0 Å². The molecule has 2 N–H and O–H groups in total. The first-order valence-corrected chi connectivity index (χ1v) is 10.3. The molecule has 0 saturated carbocycles. The molecule has 0 bridgehead atoms. The van der Waals surface area contributed by atoms with Gasteiger partial charge in [0, 0.05) is 5.92 Å². The predicted octanol–water partition coefficient (Wildman–Crippen LogP) is 3.31. The van der Waals surface area contributed by atoms with Crippen LogP contribution >= 0.6 is 11.8 Å². The Labute approximate surface area is 177 Å².